The van der Waals surface area contributed by atoms with Crippen molar-refractivity contribution in [2.45, 2.75) is 32.5 Å². The summed E-state index contributed by atoms with van der Waals surface area (Å²) in [7, 11) is 0. The van der Waals surface area contributed by atoms with Crippen LogP contribution in [0.25, 0.3) is 11.4 Å². The number of amides is 1. The molecular formula is C22H23N5O3S. The van der Waals surface area contributed by atoms with Crippen molar-refractivity contribution in [1.29, 1.82) is 0 Å². The molecule has 0 fully saturated rings. The van der Waals surface area contributed by atoms with E-state index >= 15 is 0 Å². The first-order valence-electron chi connectivity index (χ1n) is 9.71. The molecule has 1 aromatic heterocycles. The van der Waals surface area contributed by atoms with Gasteiger partial charge in [0.1, 0.15) is 5.75 Å². The van der Waals surface area contributed by atoms with E-state index in [9.17, 15) is 9.59 Å². The SMILES string of the molecule is CCn1c(SCC(=O)N/N=C(\C)c2ccc(OC(C)=O)cc2)nnc1-c1ccccc1. The standard InChI is InChI=1S/C22H23N5O3S/c1-4-27-21(18-8-6-5-7-9-18)25-26-22(27)31-14-20(29)24-23-15(2)17-10-12-19(13-11-17)30-16(3)28/h5-13H,4,14H2,1-3H3,(H,24,29)/b23-15+. The minimum atomic E-state index is -0.377. The van der Waals surface area contributed by atoms with Crippen LogP contribution in [0.15, 0.2) is 64.9 Å². The number of carbonyl (C=O) groups excluding carboxylic acids is 2. The zero-order valence-electron chi connectivity index (χ0n) is 17.5. The molecule has 1 N–H and O–H groups in total. The van der Waals surface area contributed by atoms with Crippen LogP contribution < -0.4 is 10.2 Å². The number of aromatic nitrogens is 3. The Bertz CT molecular complexity index is 1080. The minimum Gasteiger partial charge on any atom is -0.427 e. The molecule has 1 amide bonds. The molecule has 0 saturated heterocycles. The molecule has 0 saturated carbocycles. The lowest BCUT2D eigenvalue weighted by Crippen LogP contribution is -2.21. The molecule has 9 heteroatoms. The Morgan fingerprint density at radius 1 is 1.06 bits per heavy atom. The molecule has 0 aliphatic rings. The highest BCUT2D eigenvalue weighted by Crippen LogP contribution is 2.23. The molecule has 1 heterocycles. The fourth-order valence-electron chi connectivity index (χ4n) is 2.78. The highest BCUT2D eigenvalue weighted by atomic mass is 32.2. The molecule has 2 aromatic carbocycles. The average molecular weight is 438 g/mol. The van der Waals surface area contributed by atoms with Crippen LogP contribution in [0, 0.1) is 0 Å². The van der Waals surface area contributed by atoms with E-state index in [-0.39, 0.29) is 17.6 Å². The lowest BCUT2D eigenvalue weighted by molar-refractivity contribution is -0.131. The minimum absolute atomic E-state index is 0.162. The molecule has 0 unspecified atom stereocenters. The van der Waals surface area contributed by atoms with Crippen molar-refractivity contribution in [3.63, 3.8) is 0 Å². The number of nitrogens with one attached hydrogen (secondary N) is 1. The Kier molecular flexibility index (Phi) is 7.55. The Labute approximate surface area is 184 Å². The third-order valence-corrected chi connectivity index (χ3v) is 5.25. The molecule has 0 spiro atoms. The maximum Gasteiger partial charge on any atom is 0.308 e. The molecule has 0 aliphatic carbocycles. The van der Waals surface area contributed by atoms with E-state index in [4.69, 9.17) is 4.74 Å². The van der Waals surface area contributed by atoms with Gasteiger partial charge in [0.05, 0.1) is 11.5 Å². The van der Waals surface area contributed by atoms with Crippen LogP contribution in [0.2, 0.25) is 0 Å². The van der Waals surface area contributed by atoms with Gasteiger partial charge in [0.25, 0.3) is 5.91 Å². The molecule has 8 nitrogen and oxygen atoms in total. The predicted octanol–water partition coefficient (Wildman–Crippen LogP) is 3.52. The van der Waals surface area contributed by atoms with Gasteiger partial charge in [0, 0.05) is 19.0 Å². The quantitative estimate of drug-likeness (QED) is 0.190. The van der Waals surface area contributed by atoms with Crippen LogP contribution in [-0.2, 0) is 16.1 Å². The second-order valence-corrected chi connectivity index (χ2v) is 7.50. The summed E-state index contributed by atoms with van der Waals surface area (Å²) in [6, 6.07) is 16.7. The summed E-state index contributed by atoms with van der Waals surface area (Å²) in [5.41, 5.74) is 4.98. The monoisotopic (exact) mass is 437 g/mol. The molecule has 160 valence electrons. The summed E-state index contributed by atoms with van der Waals surface area (Å²) in [5, 5.41) is 13.3. The number of hydrogen-bond acceptors (Lipinski definition) is 7. The molecule has 0 atom stereocenters. The highest BCUT2D eigenvalue weighted by molar-refractivity contribution is 7.99. The Morgan fingerprint density at radius 2 is 1.77 bits per heavy atom. The summed E-state index contributed by atoms with van der Waals surface area (Å²) >= 11 is 1.31. The van der Waals surface area contributed by atoms with Gasteiger partial charge in [-0.25, -0.2) is 5.43 Å². The maximum atomic E-state index is 12.2. The van der Waals surface area contributed by atoms with Crippen molar-refractivity contribution in [1.82, 2.24) is 20.2 Å². The summed E-state index contributed by atoms with van der Waals surface area (Å²) in [5.74, 6) is 0.775. The van der Waals surface area contributed by atoms with E-state index in [1.807, 2.05) is 41.8 Å². The van der Waals surface area contributed by atoms with Crippen LogP contribution in [-0.4, -0.2) is 38.1 Å². The smallest absolute Gasteiger partial charge is 0.308 e. The number of carbonyl (C=O) groups is 2. The number of ether oxygens (including phenoxy) is 1. The fourth-order valence-corrected chi connectivity index (χ4v) is 3.58. The summed E-state index contributed by atoms with van der Waals surface area (Å²) < 4.78 is 6.98. The topological polar surface area (TPSA) is 98.5 Å². The molecule has 31 heavy (non-hydrogen) atoms. The average Bonchev–Trinajstić information content (AvgIpc) is 3.19. The van der Waals surface area contributed by atoms with E-state index < -0.39 is 0 Å². The molecular weight excluding hydrogens is 414 g/mol. The van der Waals surface area contributed by atoms with Crippen molar-refractivity contribution in [3.8, 4) is 17.1 Å². The third kappa shape index (κ3) is 6.02. The normalized spacial score (nSPS) is 11.3. The largest absolute Gasteiger partial charge is 0.427 e. The molecule has 0 bridgehead atoms. The zero-order valence-corrected chi connectivity index (χ0v) is 18.3. The number of hydrazone groups is 1. The van der Waals surface area contributed by atoms with Crippen molar-refractivity contribution in [2.24, 2.45) is 5.10 Å². The van der Waals surface area contributed by atoms with Crippen molar-refractivity contribution in [3.05, 3.63) is 60.2 Å². The second-order valence-electron chi connectivity index (χ2n) is 6.56. The fraction of sp³-hybridized carbons (Fsp3) is 0.227. The number of benzene rings is 2. The van der Waals surface area contributed by atoms with E-state index in [1.165, 1.54) is 18.7 Å². The zero-order chi connectivity index (χ0) is 22.2. The lowest BCUT2D eigenvalue weighted by Gasteiger charge is -2.07. The van der Waals surface area contributed by atoms with E-state index in [0.717, 1.165) is 17.0 Å². The third-order valence-electron chi connectivity index (χ3n) is 4.28. The Hall–Kier alpha value is -3.46. The Morgan fingerprint density at radius 3 is 2.42 bits per heavy atom. The van der Waals surface area contributed by atoms with Gasteiger partial charge in [-0.05, 0) is 43.7 Å². The van der Waals surface area contributed by atoms with Gasteiger partial charge < -0.3 is 9.30 Å². The van der Waals surface area contributed by atoms with E-state index in [2.05, 4.69) is 20.7 Å². The van der Waals surface area contributed by atoms with Crippen LogP contribution in [0.3, 0.4) is 0 Å². The predicted molar refractivity (Wildman–Crippen MR) is 120 cm³/mol. The number of esters is 1. The number of hydrogen-bond donors (Lipinski definition) is 1. The van der Waals surface area contributed by atoms with Crippen molar-refractivity contribution < 1.29 is 14.3 Å². The first-order valence-corrected chi connectivity index (χ1v) is 10.7. The summed E-state index contributed by atoms with van der Waals surface area (Å²) in [6.07, 6.45) is 0. The van der Waals surface area contributed by atoms with Gasteiger partial charge in [-0.3, -0.25) is 9.59 Å². The Balaban J connectivity index is 1.58. The van der Waals surface area contributed by atoms with E-state index in [0.29, 0.717) is 23.2 Å². The highest BCUT2D eigenvalue weighted by Gasteiger charge is 2.14. The van der Waals surface area contributed by atoms with Crippen molar-refractivity contribution in [2.75, 3.05) is 5.75 Å². The second kappa shape index (κ2) is 10.5. The molecule has 3 aromatic rings. The van der Waals surface area contributed by atoms with E-state index in [1.54, 1.807) is 31.2 Å². The number of rotatable bonds is 8. The van der Waals surface area contributed by atoms with Gasteiger partial charge in [-0.15, -0.1) is 10.2 Å². The first-order chi connectivity index (χ1) is 15.0. The molecule has 0 aliphatic heterocycles. The van der Waals surface area contributed by atoms with Gasteiger partial charge in [-0.1, -0.05) is 42.1 Å². The van der Waals surface area contributed by atoms with Gasteiger partial charge in [0.15, 0.2) is 11.0 Å². The van der Waals surface area contributed by atoms with Crippen LogP contribution in [0.1, 0.15) is 26.3 Å². The number of thioether (sulfide) groups is 1. The maximum absolute atomic E-state index is 12.2. The van der Waals surface area contributed by atoms with Crippen molar-refractivity contribution >= 4 is 29.4 Å². The number of nitrogens with zero attached hydrogens (tertiary/aromatic N) is 4. The first kappa shape index (κ1) is 22.2. The van der Waals surface area contributed by atoms with Gasteiger partial charge in [-0.2, -0.15) is 5.10 Å². The van der Waals surface area contributed by atoms with Crippen LogP contribution in [0.5, 0.6) is 5.75 Å². The summed E-state index contributed by atoms with van der Waals surface area (Å²) in [4.78, 5) is 23.2. The lowest BCUT2D eigenvalue weighted by atomic mass is 10.1. The van der Waals surface area contributed by atoms with Gasteiger partial charge in [0.2, 0.25) is 0 Å². The van der Waals surface area contributed by atoms with Crippen LogP contribution in [0.4, 0.5) is 0 Å². The van der Waals surface area contributed by atoms with Crippen LogP contribution >= 0.6 is 11.8 Å². The molecule has 3 rings (SSSR count). The molecule has 0 radical (unpaired) electrons. The van der Waals surface area contributed by atoms with Gasteiger partial charge >= 0.3 is 5.97 Å². The summed E-state index contributed by atoms with van der Waals surface area (Å²) in [6.45, 7) is 5.84.